The van der Waals surface area contributed by atoms with Crippen LogP contribution in [0.5, 0.6) is 0 Å². The first-order valence-corrected chi connectivity index (χ1v) is 9.49. The van der Waals surface area contributed by atoms with Crippen LogP contribution in [-0.4, -0.2) is 22.2 Å². The third-order valence-corrected chi connectivity index (χ3v) is 4.67. The molecule has 0 spiro atoms. The molecule has 28 heavy (non-hydrogen) atoms. The maximum atomic E-state index is 12.5. The molecule has 0 aliphatic carbocycles. The highest BCUT2D eigenvalue weighted by Crippen LogP contribution is 2.14. The molecule has 2 aromatic carbocycles. The van der Waals surface area contributed by atoms with Gasteiger partial charge in [-0.3, -0.25) is 9.59 Å². The molecule has 1 heterocycles. The monoisotopic (exact) mass is 375 g/mol. The van der Waals surface area contributed by atoms with Crippen LogP contribution in [0.3, 0.4) is 0 Å². The number of nitrogens with zero attached hydrogens (tertiary/aromatic N) is 2. The van der Waals surface area contributed by atoms with Crippen molar-refractivity contribution in [1.82, 2.24) is 15.1 Å². The number of benzene rings is 2. The van der Waals surface area contributed by atoms with Crippen molar-refractivity contribution in [2.24, 2.45) is 0 Å². The van der Waals surface area contributed by atoms with E-state index in [9.17, 15) is 9.59 Å². The maximum Gasteiger partial charge on any atom is 0.275 e. The van der Waals surface area contributed by atoms with E-state index >= 15 is 0 Å². The zero-order chi connectivity index (χ0) is 20.1. The number of aryl methyl sites for hydroxylation is 1. The lowest BCUT2D eigenvalue weighted by molar-refractivity contribution is 0.0946. The fourth-order valence-electron chi connectivity index (χ4n) is 3.01. The minimum Gasteiger partial charge on any atom is -0.350 e. The number of amides is 1. The van der Waals surface area contributed by atoms with E-state index in [4.69, 9.17) is 0 Å². The van der Waals surface area contributed by atoms with Gasteiger partial charge >= 0.3 is 0 Å². The van der Waals surface area contributed by atoms with Crippen molar-refractivity contribution >= 4 is 5.91 Å². The number of hydrogen-bond donors (Lipinski definition) is 1. The molecule has 1 N–H and O–H groups in total. The first-order valence-electron chi connectivity index (χ1n) is 9.49. The smallest absolute Gasteiger partial charge is 0.275 e. The van der Waals surface area contributed by atoms with Crippen LogP contribution < -0.4 is 10.7 Å². The van der Waals surface area contributed by atoms with Gasteiger partial charge in [0.1, 0.15) is 0 Å². The minimum atomic E-state index is -0.450. The molecule has 144 valence electrons. The van der Waals surface area contributed by atoms with E-state index in [1.165, 1.54) is 11.6 Å². The highest BCUT2D eigenvalue weighted by Gasteiger charge is 2.15. The quantitative estimate of drug-likeness (QED) is 0.715. The zero-order valence-corrected chi connectivity index (χ0v) is 16.5. The molecular weight excluding hydrogens is 350 g/mol. The van der Waals surface area contributed by atoms with Gasteiger partial charge < -0.3 is 5.32 Å². The fraction of sp³-hybridized carbons (Fsp3) is 0.261. The molecular formula is C23H25N3O2. The van der Waals surface area contributed by atoms with Crippen LogP contribution in [0.4, 0.5) is 0 Å². The van der Waals surface area contributed by atoms with Crippen molar-refractivity contribution in [2.45, 2.75) is 33.1 Å². The van der Waals surface area contributed by atoms with Crippen LogP contribution in [-0.2, 0) is 6.42 Å². The molecule has 1 amide bonds. The van der Waals surface area contributed by atoms with Gasteiger partial charge in [0.15, 0.2) is 5.69 Å². The average Bonchev–Trinajstić information content (AvgIpc) is 2.69. The van der Waals surface area contributed by atoms with Crippen molar-refractivity contribution in [2.75, 3.05) is 6.54 Å². The predicted octanol–water partition coefficient (Wildman–Crippen LogP) is 3.64. The maximum absolute atomic E-state index is 12.5. The van der Waals surface area contributed by atoms with Gasteiger partial charge in [-0.2, -0.15) is 5.10 Å². The molecule has 5 nitrogen and oxygen atoms in total. The Balaban J connectivity index is 1.69. The van der Waals surface area contributed by atoms with Crippen molar-refractivity contribution in [3.8, 4) is 5.69 Å². The van der Waals surface area contributed by atoms with Gasteiger partial charge in [0.05, 0.1) is 5.69 Å². The van der Waals surface area contributed by atoms with Crippen LogP contribution in [0.2, 0.25) is 0 Å². The first kappa shape index (κ1) is 19.5. The van der Waals surface area contributed by atoms with E-state index in [1.807, 2.05) is 30.3 Å². The lowest BCUT2D eigenvalue weighted by Crippen LogP contribution is -2.33. The third-order valence-electron chi connectivity index (χ3n) is 4.67. The number of aromatic nitrogens is 2. The average molecular weight is 375 g/mol. The summed E-state index contributed by atoms with van der Waals surface area (Å²) in [6.45, 7) is 6.56. The van der Waals surface area contributed by atoms with Crippen LogP contribution in [0, 0.1) is 6.92 Å². The second kappa shape index (κ2) is 8.65. The van der Waals surface area contributed by atoms with Crippen LogP contribution in [0.15, 0.2) is 65.5 Å². The van der Waals surface area contributed by atoms with Crippen molar-refractivity contribution < 1.29 is 4.79 Å². The topological polar surface area (TPSA) is 64.0 Å². The molecule has 0 saturated heterocycles. The first-order chi connectivity index (χ1) is 13.5. The van der Waals surface area contributed by atoms with Gasteiger partial charge in [0.25, 0.3) is 5.91 Å². The van der Waals surface area contributed by atoms with E-state index in [2.05, 4.69) is 48.5 Å². The number of para-hydroxylation sites is 1. The van der Waals surface area contributed by atoms with Crippen molar-refractivity contribution in [3.63, 3.8) is 0 Å². The molecule has 5 heteroatoms. The molecule has 3 aromatic rings. The summed E-state index contributed by atoms with van der Waals surface area (Å²) in [5.74, 6) is 0.0432. The lowest BCUT2D eigenvalue weighted by Gasteiger charge is -2.11. The second-order valence-corrected chi connectivity index (χ2v) is 7.15. The Kier molecular flexibility index (Phi) is 6.04. The molecule has 0 atom stereocenters. The summed E-state index contributed by atoms with van der Waals surface area (Å²) in [6, 6.07) is 19.3. The van der Waals surface area contributed by atoms with Gasteiger partial charge in [-0.25, -0.2) is 4.68 Å². The van der Waals surface area contributed by atoms with Crippen molar-refractivity contribution in [3.05, 3.63) is 93.4 Å². The normalized spacial score (nSPS) is 10.9. The summed E-state index contributed by atoms with van der Waals surface area (Å²) in [7, 11) is 0. The Labute approximate surface area is 165 Å². The standard InChI is InChI=1S/C23H25N3O2/c1-16(2)19-11-9-18(10-12-19)13-14-24-23(28)22-21(27)15-17(3)26(25-22)20-7-5-4-6-8-20/h4-12,15-16H,13-14H2,1-3H3,(H,24,28). The molecule has 0 saturated carbocycles. The Morgan fingerprint density at radius 1 is 1.07 bits per heavy atom. The Morgan fingerprint density at radius 2 is 1.75 bits per heavy atom. The summed E-state index contributed by atoms with van der Waals surface area (Å²) >= 11 is 0. The summed E-state index contributed by atoms with van der Waals surface area (Å²) in [5, 5.41) is 7.10. The molecule has 1 aromatic heterocycles. The summed E-state index contributed by atoms with van der Waals surface area (Å²) in [6.07, 6.45) is 0.697. The second-order valence-electron chi connectivity index (χ2n) is 7.15. The van der Waals surface area contributed by atoms with Crippen molar-refractivity contribution in [1.29, 1.82) is 0 Å². The van der Waals surface area contributed by atoms with Gasteiger partial charge in [-0.15, -0.1) is 0 Å². The molecule has 0 fully saturated rings. The van der Waals surface area contributed by atoms with E-state index in [1.54, 1.807) is 11.6 Å². The molecule has 0 bridgehead atoms. The molecule has 0 unspecified atom stereocenters. The van der Waals surface area contributed by atoms with Gasteiger partial charge in [-0.1, -0.05) is 56.3 Å². The molecule has 0 radical (unpaired) electrons. The van der Waals surface area contributed by atoms with E-state index in [0.29, 0.717) is 24.6 Å². The van der Waals surface area contributed by atoms with Crippen LogP contribution in [0.25, 0.3) is 5.69 Å². The van der Waals surface area contributed by atoms with E-state index in [-0.39, 0.29) is 11.1 Å². The number of carbonyl (C=O) groups excluding carboxylic acids is 1. The molecule has 0 aliphatic rings. The molecule has 3 rings (SSSR count). The van der Waals surface area contributed by atoms with E-state index < -0.39 is 5.91 Å². The third kappa shape index (κ3) is 4.55. The SMILES string of the molecule is Cc1cc(=O)c(C(=O)NCCc2ccc(C(C)C)cc2)nn1-c1ccccc1. The van der Waals surface area contributed by atoms with Crippen LogP contribution >= 0.6 is 0 Å². The minimum absolute atomic E-state index is 0.0930. The largest absolute Gasteiger partial charge is 0.350 e. The summed E-state index contributed by atoms with van der Waals surface area (Å²) in [4.78, 5) is 24.8. The van der Waals surface area contributed by atoms with Gasteiger partial charge in [0, 0.05) is 18.3 Å². The number of rotatable bonds is 6. The Hall–Kier alpha value is -3.21. The zero-order valence-electron chi connectivity index (χ0n) is 16.5. The summed E-state index contributed by atoms with van der Waals surface area (Å²) in [5.41, 5.74) is 3.45. The fourth-order valence-corrected chi connectivity index (χ4v) is 3.01. The Morgan fingerprint density at radius 3 is 2.39 bits per heavy atom. The number of nitrogens with one attached hydrogen (secondary N) is 1. The predicted molar refractivity (Wildman–Crippen MR) is 111 cm³/mol. The van der Waals surface area contributed by atoms with Gasteiger partial charge in [0.2, 0.25) is 5.43 Å². The Bertz CT molecular complexity index is 1010. The number of carbonyl (C=O) groups is 1. The highest BCUT2D eigenvalue weighted by atomic mass is 16.2. The summed E-state index contributed by atoms with van der Waals surface area (Å²) < 4.78 is 1.61. The van der Waals surface area contributed by atoms with E-state index in [0.717, 1.165) is 11.3 Å². The highest BCUT2D eigenvalue weighted by molar-refractivity contribution is 5.92. The lowest BCUT2D eigenvalue weighted by atomic mass is 10.0. The number of hydrogen-bond acceptors (Lipinski definition) is 3. The van der Waals surface area contributed by atoms with Crippen LogP contribution in [0.1, 0.15) is 47.1 Å². The molecule has 0 aliphatic heterocycles. The van der Waals surface area contributed by atoms with Gasteiger partial charge in [-0.05, 0) is 42.5 Å².